The Bertz CT molecular complexity index is 544. The van der Waals surface area contributed by atoms with Crippen LogP contribution in [0.15, 0.2) is 48.5 Å². The van der Waals surface area contributed by atoms with E-state index in [0.717, 1.165) is 17.1 Å². The van der Waals surface area contributed by atoms with Crippen LogP contribution in [-0.2, 0) is 0 Å². The lowest BCUT2D eigenvalue weighted by Crippen LogP contribution is -1.93. The van der Waals surface area contributed by atoms with Crippen molar-refractivity contribution in [1.82, 2.24) is 0 Å². The summed E-state index contributed by atoms with van der Waals surface area (Å²) >= 11 is 0. The van der Waals surface area contributed by atoms with Crippen molar-refractivity contribution in [2.24, 2.45) is 0 Å². The topological polar surface area (TPSA) is 18.5 Å². The summed E-state index contributed by atoms with van der Waals surface area (Å²) in [5.74, 6) is 1.65. The molecule has 84 valence electrons. The van der Waals surface area contributed by atoms with Crippen LogP contribution >= 0.6 is 0 Å². The fourth-order valence-electron chi connectivity index (χ4n) is 1.83. The average molecular weight is 224 g/mol. The molecule has 1 aliphatic rings. The van der Waals surface area contributed by atoms with Gasteiger partial charge < -0.3 is 9.47 Å². The molecule has 0 fully saturated rings. The molecule has 0 saturated heterocycles. The van der Waals surface area contributed by atoms with Gasteiger partial charge in [-0.15, -0.1) is 0 Å². The second kappa shape index (κ2) is 4.34. The average Bonchev–Trinajstić information content (AvgIpc) is 2.86. The number of fused-ring (bicyclic) bond motifs is 1. The minimum absolute atomic E-state index is 0.311. The SMILES string of the molecule is C(=Cc1cccc2c1OCO2)c1ccccc1. The van der Waals surface area contributed by atoms with Crippen LogP contribution in [0.2, 0.25) is 0 Å². The van der Waals surface area contributed by atoms with Crippen molar-refractivity contribution in [3.63, 3.8) is 0 Å². The van der Waals surface area contributed by atoms with Gasteiger partial charge in [0.05, 0.1) is 0 Å². The number of ether oxygens (including phenoxy) is 2. The number of para-hydroxylation sites is 1. The number of rotatable bonds is 2. The van der Waals surface area contributed by atoms with E-state index in [0.29, 0.717) is 6.79 Å². The molecule has 0 aliphatic carbocycles. The predicted octanol–water partition coefficient (Wildman–Crippen LogP) is 3.59. The van der Waals surface area contributed by atoms with Crippen molar-refractivity contribution in [3.8, 4) is 11.5 Å². The number of hydrogen-bond acceptors (Lipinski definition) is 2. The third-order valence-corrected chi connectivity index (χ3v) is 2.68. The Kier molecular flexibility index (Phi) is 2.54. The molecule has 2 heteroatoms. The summed E-state index contributed by atoms with van der Waals surface area (Å²) < 4.78 is 10.8. The summed E-state index contributed by atoms with van der Waals surface area (Å²) in [7, 11) is 0. The van der Waals surface area contributed by atoms with Crippen LogP contribution in [0.4, 0.5) is 0 Å². The third-order valence-electron chi connectivity index (χ3n) is 2.68. The highest BCUT2D eigenvalue weighted by molar-refractivity contribution is 5.74. The summed E-state index contributed by atoms with van der Waals surface area (Å²) in [6.07, 6.45) is 4.11. The van der Waals surface area contributed by atoms with Gasteiger partial charge in [0.15, 0.2) is 11.5 Å². The second-order valence-corrected chi connectivity index (χ2v) is 3.83. The van der Waals surface area contributed by atoms with E-state index >= 15 is 0 Å². The summed E-state index contributed by atoms with van der Waals surface area (Å²) in [4.78, 5) is 0. The quantitative estimate of drug-likeness (QED) is 0.726. The fourth-order valence-corrected chi connectivity index (χ4v) is 1.83. The van der Waals surface area contributed by atoms with Crippen molar-refractivity contribution in [2.45, 2.75) is 0 Å². The van der Waals surface area contributed by atoms with Crippen LogP contribution in [0.5, 0.6) is 11.5 Å². The van der Waals surface area contributed by atoms with Crippen molar-refractivity contribution < 1.29 is 9.47 Å². The molecule has 0 spiro atoms. The first-order chi connectivity index (χ1) is 8.43. The fraction of sp³-hybridized carbons (Fsp3) is 0.0667. The number of hydrogen-bond donors (Lipinski definition) is 0. The predicted molar refractivity (Wildman–Crippen MR) is 67.9 cm³/mol. The highest BCUT2D eigenvalue weighted by Gasteiger charge is 2.15. The normalized spacial score (nSPS) is 13.2. The van der Waals surface area contributed by atoms with Gasteiger partial charge in [-0.1, -0.05) is 54.6 Å². The maximum atomic E-state index is 5.44. The molecular weight excluding hydrogens is 212 g/mol. The van der Waals surface area contributed by atoms with E-state index in [1.54, 1.807) is 0 Å². The van der Waals surface area contributed by atoms with Gasteiger partial charge in [-0.2, -0.15) is 0 Å². The molecule has 3 rings (SSSR count). The number of benzene rings is 2. The molecule has 1 aliphatic heterocycles. The highest BCUT2D eigenvalue weighted by Crippen LogP contribution is 2.36. The Labute approximate surface area is 100 Å². The third kappa shape index (κ3) is 2.02. The van der Waals surface area contributed by atoms with Crippen LogP contribution in [-0.4, -0.2) is 6.79 Å². The van der Waals surface area contributed by atoms with Crippen molar-refractivity contribution in [2.75, 3.05) is 6.79 Å². The van der Waals surface area contributed by atoms with Crippen molar-refractivity contribution in [1.29, 1.82) is 0 Å². The molecule has 0 amide bonds. The summed E-state index contributed by atoms with van der Waals surface area (Å²) in [6.45, 7) is 0.311. The van der Waals surface area contributed by atoms with Crippen LogP contribution in [0.3, 0.4) is 0 Å². The molecular formula is C15H12O2. The van der Waals surface area contributed by atoms with Gasteiger partial charge in [-0.05, 0) is 11.6 Å². The van der Waals surface area contributed by atoms with Gasteiger partial charge in [-0.3, -0.25) is 0 Å². The summed E-state index contributed by atoms with van der Waals surface area (Å²) in [5.41, 5.74) is 2.22. The van der Waals surface area contributed by atoms with Crippen LogP contribution in [0.25, 0.3) is 12.2 Å². The summed E-state index contributed by atoms with van der Waals surface area (Å²) in [5, 5.41) is 0. The molecule has 1 heterocycles. The van der Waals surface area contributed by atoms with Gasteiger partial charge in [0.25, 0.3) is 0 Å². The molecule has 0 atom stereocenters. The van der Waals surface area contributed by atoms with Crippen LogP contribution < -0.4 is 9.47 Å². The monoisotopic (exact) mass is 224 g/mol. The van der Waals surface area contributed by atoms with Gasteiger partial charge in [0.1, 0.15) is 0 Å². The van der Waals surface area contributed by atoms with Gasteiger partial charge in [0.2, 0.25) is 6.79 Å². The molecule has 0 radical (unpaired) electrons. The second-order valence-electron chi connectivity index (χ2n) is 3.83. The largest absolute Gasteiger partial charge is 0.454 e. The lowest BCUT2D eigenvalue weighted by molar-refractivity contribution is 0.174. The first kappa shape index (κ1) is 9.97. The smallest absolute Gasteiger partial charge is 0.231 e. The zero-order valence-corrected chi connectivity index (χ0v) is 9.30. The Balaban J connectivity index is 1.91. The van der Waals surface area contributed by atoms with E-state index in [-0.39, 0.29) is 0 Å². The molecule has 0 saturated carbocycles. The first-order valence-electron chi connectivity index (χ1n) is 5.55. The molecule has 17 heavy (non-hydrogen) atoms. The Morgan fingerprint density at radius 2 is 1.71 bits per heavy atom. The van der Waals surface area contributed by atoms with E-state index in [4.69, 9.17) is 9.47 Å². The highest BCUT2D eigenvalue weighted by atomic mass is 16.7. The molecule has 2 aromatic rings. The maximum absolute atomic E-state index is 5.44. The van der Waals surface area contributed by atoms with E-state index in [9.17, 15) is 0 Å². The minimum atomic E-state index is 0.311. The van der Waals surface area contributed by atoms with Gasteiger partial charge in [-0.25, -0.2) is 0 Å². The molecule has 0 N–H and O–H groups in total. The zero-order chi connectivity index (χ0) is 11.5. The Hall–Kier alpha value is -2.22. The molecule has 0 aromatic heterocycles. The van der Waals surface area contributed by atoms with Crippen LogP contribution in [0.1, 0.15) is 11.1 Å². The lowest BCUT2D eigenvalue weighted by atomic mass is 10.1. The molecule has 0 unspecified atom stereocenters. The van der Waals surface area contributed by atoms with Gasteiger partial charge >= 0.3 is 0 Å². The molecule has 2 aromatic carbocycles. The van der Waals surface area contributed by atoms with Gasteiger partial charge in [0, 0.05) is 5.56 Å². The standard InChI is InChI=1S/C15H12O2/c1-2-5-12(6-3-1)9-10-13-7-4-8-14-15(13)17-11-16-14/h1-10H,11H2. The summed E-state index contributed by atoms with van der Waals surface area (Å²) in [6, 6.07) is 16.1. The van der Waals surface area contributed by atoms with E-state index in [1.165, 1.54) is 5.56 Å². The minimum Gasteiger partial charge on any atom is -0.454 e. The zero-order valence-electron chi connectivity index (χ0n) is 9.30. The molecule has 0 bridgehead atoms. The Morgan fingerprint density at radius 3 is 2.59 bits per heavy atom. The van der Waals surface area contributed by atoms with E-state index in [1.807, 2.05) is 42.5 Å². The first-order valence-corrected chi connectivity index (χ1v) is 5.55. The lowest BCUT2D eigenvalue weighted by Gasteiger charge is -2.00. The van der Waals surface area contributed by atoms with Crippen LogP contribution in [0, 0.1) is 0 Å². The maximum Gasteiger partial charge on any atom is 0.231 e. The molecule has 2 nitrogen and oxygen atoms in total. The van der Waals surface area contributed by atoms with Crippen molar-refractivity contribution in [3.05, 3.63) is 59.7 Å². The van der Waals surface area contributed by atoms with E-state index in [2.05, 4.69) is 18.2 Å². The Morgan fingerprint density at radius 1 is 0.824 bits per heavy atom. The van der Waals surface area contributed by atoms with E-state index < -0.39 is 0 Å². The van der Waals surface area contributed by atoms with Crippen molar-refractivity contribution >= 4 is 12.2 Å².